The summed E-state index contributed by atoms with van der Waals surface area (Å²) in [7, 11) is 0. The van der Waals surface area contributed by atoms with E-state index in [-0.39, 0.29) is 5.75 Å². The number of nitrogens with zero attached hydrogens (tertiary/aromatic N) is 1. The number of rotatable bonds is 3. The van der Waals surface area contributed by atoms with Crippen LogP contribution in [0.4, 0.5) is 13.2 Å². The molecule has 1 aromatic rings. The van der Waals surface area contributed by atoms with Crippen LogP contribution >= 0.6 is 0 Å². The Morgan fingerprint density at radius 3 is 2.56 bits per heavy atom. The van der Waals surface area contributed by atoms with Crippen molar-refractivity contribution in [3.8, 4) is 11.8 Å². The first-order chi connectivity index (χ1) is 7.49. The number of halogens is 3. The molecule has 0 saturated heterocycles. The highest BCUT2D eigenvalue weighted by Gasteiger charge is 2.33. The van der Waals surface area contributed by atoms with Gasteiger partial charge in [0, 0.05) is 0 Å². The molecule has 0 radical (unpaired) electrons. The van der Waals surface area contributed by atoms with E-state index in [1.54, 1.807) is 0 Å². The van der Waals surface area contributed by atoms with E-state index in [4.69, 9.17) is 10.00 Å². The van der Waals surface area contributed by atoms with Gasteiger partial charge >= 0.3 is 6.18 Å². The molecule has 0 aliphatic carbocycles. The molecule has 1 rings (SSSR count). The fourth-order valence-corrected chi connectivity index (χ4v) is 1.17. The van der Waals surface area contributed by atoms with Gasteiger partial charge in [0.25, 0.3) is 0 Å². The van der Waals surface area contributed by atoms with Gasteiger partial charge in [0.2, 0.25) is 0 Å². The van der Waals surface area contributed by atoms with E-state index in [9.17, 15) is 13.2 Å². The molecule has 0 bridgehead atoms. The summed E-state index contributed by atoms with van der Waals surface area (Å²) in [4.78, 5) is 0. The van der Waals surface area contributed by atoms with Gasteiger partial charge in [-0.25, -0.2) is 0 Å². The van der Waals surface area contributed by atoms with E-state index in [1.165, 1.54) is 12.1 Å². The summed E-state index contributed by atoms with van der Waals surface area (Å²) in [5.74, 6) is 0.284. The molecule has 2 nitrogen and oxygen atoms in total. The summed E-state index contributed by atoms with van der Waals surface area (Å²) in [6, 6.07) is 4.71. The van der Waals surface area contributed by atoms with Crippen molar-refractivity contribution in [1.29, 1.82) is 5.26 Å². The second-order valence-electron chi connectivity index (χ2n) is 3.17. The lowest BCUT2D eigenvalue weighted by Gasteiger charge is -2.10. The predicted molar refractivity (Wildman–Crippen MR) is 51.9 cm³/mol. The summed E-state index contributed by atoms with van der Waals surface area (Å²) in [6.45, 7) is 2.30. The Morgan fingerprint density at radius 1 is 1.38 bits per heavy atom. The third-order valence-electron chi connectivity index (χ3n) is 1.89. The first-order valence-electron chi connectivity index (χ1n) is 4.73. The molecule has 1 aromatic carbocycles. The van der Waals surface area contributed by atoms with Crippen LogP contribution in [0.25, 0.3) is 0 Å². The quantitative estimate of drug-likeness (QED) is 0.796. The Hall–Kier alpha value is -1.70. The summed E-state index contributed by atoms with van der Waals surface area (Å²) in [5.41, 5.74) is -1.35. The first kappa shape index (κ1) is 12.4. The number of ether oxygens (including phenoxy) is 1. The van der Waals surface area contributed by atoms with Crippen molar-refractivity contribution >= 4 is 0 Å². The number of hydrogen-bond donors (Lipinski definition) is 0. The van der Waals surface area contributed by atoms with Crippen molar-refractivity contribution in [3.05, 3.63) is 29.3 Å². The maximum Gasteiger partial charge on any atom is 0.417 e. The van der Waals surface area contributed by atoms with Gasteiger partial charge in [0.15, 0.2) is 0 Å². The minimum Gasteiger partial charge on any atom is -0.494 e. The summed E-state index contributed by atoms with van der Waals surface area (Å²) in [6.07, 6.45) is -3.75. The Morgan fingerprint density at radius 2 is 2.06 bits per heavy atom. The summed E-state index contributed by atoms with van der Waals surface area (Å²) < 4.78 is 42.4. The van der Waals surface area contributed by atoms with Crippen LogP contribution in [0.5, 0.6) is 5.75 Å². The van der Waals surface area contributed by atoms with Gasteiger partial charge < -0.3 is 4.74 Å². The van der Waals surface area contributed by atoms with E-state index in [0.717, 1.165) is 18.6 Å². The third-order valence-corrected chi connectivity index (χ3v) is 1.89. The lowest BCUT2D eigenvalue weighted by atomic mass is 10.1. The van der Waals surface area contributed by atoms with Gasteiger partial charge in [0.1, 0.15) is 5.75 Å². The Bertz CT molecular complexity index is 407. The molecule has 0 atom stereocenters. The van der Waals surface area contributed by atoms with Crippen LogP contribution in [0, 0.1) is 11.3 Å². The molecule has 0 aliphatic heterocycles. The number of nitriles is 1. The molecule has 0 unspecified atom stereocenters. The second kappa shape index (κ2) is 4.88. The van der Waals surface area contributed by atoms with E-state index in [0.29, 0.717) is 6.61 Å². The molecule has 0 fully saturated rings. The standard InChI is InChI=1S/C11H10F3NO/c1-2-5-16-9-3-4-10(11(12,13)14)8(6-9)7-15/h3-4,6H,2,5H2,1H3. The fraction of sp³-hybridized carbons (Fsp3) is 0.364. The topological polar surface area (TPSA) is 33.0 Å². The summed E-state index contributed by atoms with van der Waals surface area (Å²) in [5, 5.41) is 8.63. The van der Waals surface area contributed by atoms with Gasteiger partial charge in [-0.2, -0.15) is 18.4 Å². The average molecular weight is 229 g/mol. The number of benzene rings is 1. The van der Waals surface area contributed by atoms with E-state index in [2.05, 4.69) is 0 Å². The van der Waals surface area contributed by atoms with Gasteiger partial charge in [0.05, 0.1) is 23.8 Å². The highest BCUT2D eigenvalue weighted by Crippen LogP contribution is 2.33. The number of alkyl halides is 3. The molecule has 0 aromatic heterocycles. The van der Waals surface area contributed by atoms with Crippen LogP contribution in [0.1, 0.15) is 24.5 Å². The maximum atomic E-state index is 12.4. The van der Waals surface area contributed by atoms with Crippen molar-refractivity contribution in [3.63, 3.8) is 0 Å². The van der Waals surface area contributed by atoms with E-state index < -0.39 is 17.3 Å². The van der Waals surface area contributed by atoms with Crippen molar-refractivity contribution in [2.45, 2.75) is 19.5 Å². The van der Waals surface area contributed by atoms with Crippen LogP contribution in [0.2, 0.25) is 0 Å². The van der Waals surface area contributed by atoms with Crippen molar-refractivity contribution in [2.75, 3.05) is 6.61 Å². The molecule has 5 heteroatoms. The Kier molecular flexibility index (Phi) is 3.78. The fourth-order valence-electron chi connectivity index (χ4n) is 1.17. The number of hydrogen-bond acceptors (Lipinski definition) is 2. The maximum absolute atomic E-state index is 12.4. The van der Waals surface area contributed by atoms with Crippen LogP contribution in [0.15, 0.2) is 18.2 Å². The van der Waals surface area contributed by atoms with E-state index in [1.807, 2.05) is 6.92 Å². The smallest absolute Gasteiger partial charge is 0.417 e. The first-order valence-corrected chi connectivity index (χ1v) is 4.73. The summed E-state index contributed by atoms with van der Waals surface area (Å²) >= 11 is 0. The van der Waals surface area contributed by atoms with Crippen molar-refractivity contribution in [1.82, 2.24) is 0 Å². The molecule has 0 spiro atoms. The van der Waals surface area contributed by atoms with E-state index >= 15 is 0 Å². The highest BCUT2D eigenvalue weighted by molar-refractivity contribution is 5.44. The van der Waals surface area contributed by atoms with Crippen LogP contribution in [-0.4, -0.2) is 6.61 Å². The molecular formula is C11H10F3NO. The minimum atomic E-state index is -4.51. The lowest BCUT2D eigenvalue weighted by Crippen LogP contribution is -2.08. The minimum absolute atomic E-state index is 0.284. The van der Waals surface area contributed by atoms with Crippen molar-refractivity contribution < 1.29 is 17.9 Å². The van der Waals surface area contributed by atoms with Crippen LogP contribution < -0.4 is 4.74 Å². The van der Waals surface area contributed by atoms with Gasteiger partial charge in [-0.3, -0.25) is 0 Å². The van der Waals surface area contributed by atoms with Crippen LogP contribution in [-0.2, 0) is 6.18 Å². The largest absolute Gasteiger partial charge is 0.494 e. The zero-order valence-corrected chi connectivity index (χ0v) is 8.64. The lowest BCUT2D eigenvalue weighted by molar-refractivity contribution is -0.137. The molecule has 0 heterocycles. The molecule has 0 N–H and O–H groups in total. The van der Waals surface area contributed by atoms with Crippen LogP contribution in [0.3, 0.4) is 0 Å². The van der Waals surface area contributed by atoms with Gasteiger partial charge in [-0.05, 0) is 24.6 Å². The van der Waals surface area contributed by atoms with Crippen molar-refractivity contribution in [2.24, 2.45) is 0 Å². The van der Waals surface area contributed by atoms with Gasteiger partial charge in [-0.15, -0.1) is 0 Å². The normalized spacial score (nSPS) is 10.9. The molecule has 86 valence electrons. The zero-order chi connectivity index (χ0) is 12.2. The molecule has 0 saturated carbocycles. The molecule has 0 aliphatic rings. The monoisotopic (exact) mass is 229 g/mol. The average Bonchev–Trinajstić information content (AvgIpc) is 2.24. The molecular weight excluding hydrogens is 219 g/mol. The van der Waals surface area contributed by atoms with Gasteiger partial charge in [-0.1, -0.05) is 6.92 Å². The SMILES string of the molecule is CCCOc1ccc(C(F)(F)F)c(C#N)c1. The Balaban J connectivity index is 3.04. The molecule has 0 amide bonds. The zero-order valence-electron chi connectivity index (χ0n) is 8.64. The third kappa shape index (κ3) is 2.89. The predicted octanol–water partition coefficient (Wildman–Crippen LogP) is 3.37. The highest BCUT2D eigenvalue weighted by atomic mass is 19.4. The molecule has 16 heavy (non-hydrogen) atoms. The Labute approximate surface area is 91.3 Å². The second-order valence-corrected chi connectivity index (χ2v) is 3.17.